The highest BCUT2D eigenvalue weighted by Gasteiger charge is 2.69. The van der Waals surface area contributed by atoms with E-state index in [1.54, 1.807) is 20.8 Å². The molecule has 4 rings (SSSR count). The summed E-state index contributed by atoms with van der Waals surface area (Å²) in [6, 6.07) is 18.0. The van der Waals surface area contributed by atoms with E-state index >= 15 is 0 Å². The van der Waals surface area contributed by atoms with Crippen LogP contribution in [-0.4, -0.2) is 45.5 Å². The van der Waals surface area contributed by atoms with Gasteiger partial charge in [-0.05, 0) is 31.9 Å². The predicted molar refractivity (Wildman–Crippen MR) is 117 cm³/mol. The highest BCUT2D eigenvalue weighted by molar-refractivity contribution is 6.10. The number of hydrogen-bond acceptors (Lipinski definition) is 5. The number of imide groups is 1. The van der Waals surface area contributed by atoms with E-state index < -0.39 is 40.8 Å². The van der Waals surface area contributed by atoms with Crippen molar-refractivity contribution in [3.8, 4) is 0 Å². The molecule has 2 aromatic carbocycles. The Morgan fingerprint density at radius 1 is 1.03 bits per heavy atom. The minimum Gasteiger partial charge on any atom is -0.480 e. The third kappa shape index (κ3) is 3.61. The average molecular weight is 437 g/mol. The zero-order valence-electron chi connectivity index (χ0n) is 18.4. The maximum Gasteiger partial charge on any atom is 0.327 e. The Morgan fingerprint density at radius 2 is 1.62 bits per heavy atom. The molecule has 7 heteroatoms. The van der Waals surface area contributed by atoms with Crippen LogP contribution in [0.25, 0.3) is 0 Å². The second-order valence-electron chi connectivity index (χ2n) is 9.47. The molecular formula is C25H28N2O5. The van der Waals surface area contributed by atoms with Crippen molar-refractivity contribution in [1.82, 2.24) is 10.2 Å². The van der Waals surface area contributed by atoms with Crippen molar-refractivity contribution in [3.05, 3.63) is 71.8 Å². The van der Waals surface area contributed by atoms with E-state index in [2.05, 4.69) is 5.32 Å². The predicted octanol–water partition coefficient (Wildman–Crippen LogP) is 2.77. The van der Waals surface area contributed by atoms with Gasteiger partial charge in [-0.1, -0.05) is 60.7 Å². The summed E-state index contributed by atoms with van der Waals surface area (Å²) < 4.78 is 5.84. The number of fused-ring (bicyclic) bond motifs is 1. The molecule has 2 fully saturated rings. The molecule has 0 radical (unpaired) electrons. The normalized spacial score (nSPS) is 27.6. The van der Waals surface area contributed by atoms with E-state index in [9.17, 15) is 19.5 Å². The molecule has 4 unspecified atom stereocenters. The largest absolute Gasteiger partial charge is 0.480 e. The quantitative estimate of drug-likeness (QED) is 0.676. The summed E-state index contributed by atoms with van der Waals surface area (Å²) in [4.78, 5) is 40.9. The van der Waals surface area contributed by atoms with E-state index in [-0.39, 0.29) is 19.1 Å². The molecule has 0 saturated carbocycles. The van der Waals surface area contributed by atoms with Gasteiger partial charge in [0.15, 0.2) is 5.54 Å². The number of carboxylic acids is 1. The van der Waals surface area contributed by atoms with Crippen molar-refractivity contribution in [2.24, 2.45) is 11.8 Å². The fourth-order valence-electron chi connectivity index (χ4n) is 4.91. The van der Waals surface area contributed by atoms with Crippen molar-refractivity contribution in [2.75, 3.05) is 6.61 Å². The molecule has 2 aromatic rings. The summed E-state index contributed by atoms with van der Waals surface area (Å²) in [5.41, 5.74) is -0.806. The molecule has 2 amide bonds. The number of benzene rings is 2. The van der Waals surface area contributed by atoms with Crippen LogP contribution in [-0.2, 0) is 25.7 Å². The van der Waals surface area contributed by atoms with Gasteiger partial charge in [0.25, 0.3) is 0 Å². The molecule has 32 heavy (non-hydrogen) atoms. The molecule has 168 valence electrons. The van der Waals surface area contributed by atoms with Crippen LogP contribution in [0.5, 0.6) is 0 Å². The Morgan fingerprint density at radius 3 is 2.19 bits per heavy atom. The molecule has 2 aliphatic rings. The summed E-state index contributed by atoms with van der Waals surface area (Å²) in [6.07, 6.45) is 0. The first-order valence-electron chi connectivity index (χ1n) is 10.7. The fourth-order valence-corrected chi connectivity index (χ4v) is 4.91. The van der Waals surface area contributed by atoms with Gasteiger partial charge in [-0.3, -0.25) is 24.6 Å². The number of rotatable bonds is 6. The molecule has 2 saturated heterocycles. The van der Waals surface area contributed by atoms with E-state index in [1.165, 1.54) is 4.90 Å². The summed E-state index contributed by atoms with van der Waals surface area (Å²) in [6.45, 7) is 5.31. The number of carboxylic acid groups (broad SMARTS) is 1. The number of likely N-dealkylation sites (tertiary alicyclic amines) is 1. The van der Waals surface area contributed by atoms with Gasteiger partial charge in [-0.15, -0.1) is 0 Å². The van der Waals surface area contributed by atoms with Crippen molar-refractivity contribution < 1.29 is 24.2 Å². The van der Waals surface area contributed by atoms with Gasteiger partial charge >= 0.3 is 5.97 Å². The molecule has 0 spiro atoms. The highest BCUT2D eigenvalue weighted by Crippen LogP contribution is 2.50. The van der Waals surface area contributed by atoms with E-state index in [1.807, 2.05) is 60.7 Å². The van der Waals surface area contributed by atoms with Crippen molar-refractivity contribution in [1.29, 1.82) is 0 Å². The number of nitrogens with one attached hydrogen (secondary N) is 1. The maximum absolute atomic E-state index is 13.5. The Balaban J connectivity index is 1.73. The van der Waals surface area contributed by atoms with Gasteiger partial charge in [0.05, 0.1) is 25.0 Å². The lowest BCUT2D eigenvalue weighted by atomic mass is 9.79. The first kappa shape index (κ1) is 22.2. The van der Waals surface area contributed by atoms with Gasteiger partial charge < -0.3 is 9.84 Å². The molecule has 0 aromatic heterocycles. The summed E-state index contributed by atoms with van der Waals surface area (Å²) in [7, 11) is 0. The van der Waals surface area contributed by atoms with Crippen LogP contribution in [0.3, 0.4) is 0 Å². The first-order valence-corrected chi connectivity index (χ1v) is 10.7. The first-order chi connectivity index (χ1) is 15.2. The number of nitrogens with zero attached hydrogens (tertiary/aromatic N) is 1. The summed E-state index contributed by atoms with van der Waals surface area (Å²) >= 11 is 0. The average Bonchev–Trinajstić information content (AvgIpc) is 3.24. The van der Waals surface area contributed by atoms with Gasteiger partial charge in [0, 0.05) is 11.6 Å². The molecule has 2 N–H and O–H groups in total. The van der Waals surface area contributed by atoms with Crippen LogP contribution >= 0.6 is 0 Å². The molecule has 2 aliphatic heterocycles. The maximum atomic E-state index is 13.5. The van der Waals surface area contributed by atoms with E-state index in [0.717, 1.165) is 11.1 Å². The number of amides is 2. The standard InChI is InChI=1S/C25H28N2O5/c1-24(2,3)27-21(28)18-19(22(27)29)25(23(30)31,15-32-14-16-10-6-4-7-11-16)26-20(18)17-12-8-5-9-13-17/h4-13,18-20,26H,14-15H2,1-3H3,(H,30,31). The minimum absolute atomic E-state index is 0.204. The fraction of sp³-hybridized carbons (Fsp3) is 0.400. The van der Waals surface area contributed by atoms with Crippen LogP contribution in [0.4, 0.5) is 0 Å². The molecule has 7 nitrogen and oxygen atoms in total. The monoisotopic (exact) mass is 436 g/mol. The Bertz CT molecular complexity index is 1020. The van der Waals surface area contributed by atoms with Gasteiger partial charge in [-0.25, -0.2) is 0 Å². The lowest BCUT2D eigenvalue weighted by molar-refractivity contribution is -0.156. The van der Waals surface area contributed by atoms with Crippen LogP contribution in [0.1, 0.15) is 37.9 Å². The van der Waals surface area contributed by atoms with E-state index in [0.29, 0.717) is 0 Å². The molecule has 0 bridgehead atoms. The number of hydrogen-bond donors (Lipinski definition) is 2. The molecule has 2 heterocycles. The summed E-state index contributed by atoms with van der Waals surface area (Å²) in [5, 5.41) is 13.5. The van der Waals surface area contributed by atoms with Gasteiger partial charge in [0.1, 0.15) is 0 Å². The smallest absolute Gasteiger partial charge is 0.327 e. The number of aliphatic carboxylic acids is 1. The third-order valence-corrected chi connectivity index (χ3v) is 6.31. The highest BCUT2D eigenvalue weighted by atomic mass is 16.5. The van der Waals surface area contributed by atoms with Gasteiger partial charge in [-0.2, -0.15) is 0 Å². The topological polar surface area (TPSA) is 95.9 Å². The van der Waals surface area contributed by atoms with Crippen LogP contribution < -0.4 is 5.32 Å². The number of carbonyl (C=O) groups is 3. The van der Waals surface area contributed by atoms with Crippen molar-refractivity contribution in [2.45, 2.75) is 44.5 Å². The lowest BCUT2D eigenvalue weighted by Crippen LogP contribution is -2.60. The second-order valence-corrected chi connectivity index (χ2v) is 9.47. The Hall–Kier alpha value is -3.03. The third-order valence-electron chi connectivity index (χ3n) is 6.31. The molecule has 0 aliphatic carbocycles. The van der Waals surface area contributed by atoms with Crippen LogP contribution in [0.15, 0.2) is 60.7 Å². The zero-order valence-corrected chi connectivity index (χ0v) is 18.4. The van der Waals surface area contributed by atoms with Crippen LogP contribution in [0, 0.1) is 11.8 Å². The Labute approximate surface area is 187 Å². The zero-order chi connectivity index (χ0) is 23.1. The van der Waals surface area contributed by atoms with Crippen molar-refractivity contribution in [3.63, 3.8) is 0 Å². The molecule has 4 atom stereocenters. The SMILES string of the molecule is CC(C)(C)N1C(=O)C2C(c3ccccc3)NC(COCc3ccccc3)(C(=O)O)C2C1=O. The lowest BCUT2D eigenvalue weighted by Gasteiger charge is -2.35. The van der Waals surface area contributed by atoms with Crippen LogP contribution in [0.2, 0.25) is 0 Å². The second kappa shape index (κ2) is 8.15. The molecular weight excluding hydrogens is 408 g/mol. The minimum atomic E-state index is -1.72. The number of ether oxygens (including phenoxy) is 1. The number of carbonyl (C=O) groups excluding carboxylic acids is 2. The van der Waals surface area contributed by atoms with E-state index in [4.69, 9.17) is 4.74 Å². The summed E-state index contributed by atoms with van der Waals surface area (Å²) in [5.74, 6) is -3.90. The Kier molecular flexibility index (Phi) is 5.65. The van der Waals surface area contributed by atoms with Gasteiger partial charge in [0.2, 0.25) is 11.8 Å². The van der Waals surface area contributed by atoms with Crippen molar-refractivity contribution >= 4 is 17.8 Å².